The topological polar surface area (TPSA) is 35.5 Å². The van der Waals surface area contributed by atoms with Gasteiger partial charge in [0.15, 0.2) is 0 Å². The van der Waals surface area contributed by atoms with Gasteiger partial charge in [0, 0.05) is 11.1 Å². The van der Waals surface area contributed by atoms with E-state index in [0.717, 1.165) is 20.4 Å². The van der Waals surface area contributed by atoms with Gasteiger partial charge in [0.1, 0.15) is 12.4 Å². The normalized spacial score (nSPS) is 10.7. The molecule has 0 N–H and O–H groups in total. The highest BCUT2D eigenvalue weighted by atomic mass is 127. The summed E-state index contributed by atoms with van der Waals surface area (Å²) >= 11 is 8.07. The molecule has 0 aromatic heterocycles. The summed E-state index contributed by atoms with van der Waals surface area (Å²) in [5.41, 5.74) is 1.97. The van der Waals surface area contributed by atoms with E-state index < -0.39 is 0 Å². The molecule has 0 aliphatic rings. The van der Waals surface area contributed by atoms with Crippen molar-refractivity contribution in [2.45, 2.75) is 13.5 Å². The van der Waals surface area contributed by atoms with Crippen molar-refractivity contribution in [3.05, 3.63) is 68.3 Å². The molecule has 0 saturated heterocycles. The summed E-state index contributed by atoms with van der Waals surface area (Å²) in [6, 6.07) is 13.3. The monoisotopic (exact) mass is 442 g/mol. The summed E-state index contributed by atoms with van der Waals surface area (Å²) in [4.78, 5) is 11.3. The molecule has 0 amide bonds. The minimum absolute atomic E-state index is 0.342. The number of esters is 1. The second-order valence-corrected chi connectivity index (χ2v) is 6.29. The van der Waals surface area contributed by atoms with Gasteiger partial charge in [-0.3, -0.25) is 0 Å². The largest absolute Gasteiger partial charge is 0.488 e. The van der Waals surface area contributed by atoms with Gasteiger partial charge in [0.25, 0.3) is 0 Å². The number of rotatable bonds is 6. The molecule has 2 rings (SSSR count). The molecular formula is C18H16ClIO3. The SMILES string of the molecule is CCOC(=O)/C=C/c1ccc(OCc2ccc(Cl)cc2)c(I)c1. The Morgan fingerprint density at radius 3 is 2.61 bits per heavy atom. The highest BCUT2D eigenvalue weighted by molar-refractivity contribution is 14.1. The number of hydrogen-bond donors (Lipinski definition) is 0. The van der Waals surface area contributed by atoms with Crippen molar-refractivity contribution in [1.29, 1.82) is 0 Å². The number of halogens is 2. The maximum Gasteiger partial charge on any atom is 0.330 e. The van der Waals surface area contributed by atoms with E-state index in [2.05, 4.69) is 22.6 Å². The fourth-order valence-corrected chi connectivity index (χ4v) is 2.66. The van der Waals surface area contributed by atoms with Gasteiger partial charge in [0.2, 0.25) is 0 Å². The fourth-order valence-electron chi connectivity index (χ4n) is 1.83. The molecule has 2 aromatic carbocycles. The Morgan fingerprint density at radius 1 is 1.22 bits per heavy atom. The molecule has 0 radical (unpaired) electrons. The van der Waals surface area contributed by atoms with E-state index in [9.17, 15) is 4.79 Å². The van der Waals surface area contributed by atoms with Crippen molar-refractivity contribution < 1.29 is 14.3 Å². The fraction of sp³-hybridized carbons (Fsp3) is 0.167. The second kappa shape index (κ2) is 8.93. The van der Waals surface area contributed by atoms with E-state index in [1.165, 1.54) is 6.08 Å². The van der Waals surface area contributed by atoms with Crippen LogP contribution in [0.1, 0.15) is 18.1 Å². The van der Waals surface area contributed by atoms with Crippen LogP contribution in [0.4, 0.5) is 0 Å². The van der Waals surface area contributed by atoms with Gasteiger partial charge in [-0.05, 0) is 71.0 Å². The van der Waals surface area contributed by atoms with Crippen LogP contribution in [-0.2, 0) is 16.1 Å². The van der Waals surface area contributed by atoms with E-state index in [1.54, 1.807) is 13.0 Å². The maximum absolute atomic E-state index is 11.3. The van der Waals surface area contributed by atoms with Crippen molar-refractivity contribution in [3.63, 3.8) is 0 Å². The lowest BCUT2D eigenvalue weighted by atomic mass is 10.2. The third kappa shape index (κ3) is 5.88. The molecule has 0 spiro atoms. The molecule has 0 saturated carbocycles. The van der Waals surface area contributed by atoms with Crippen LogP contribution in [0.5, 0.6) is 5.75 Å². The molecule has 0 aliphatic carbocycles. The van der Waals surface area contributed by atoms with Gasteiger partial charge in [-0.25, -0.2) is 4.79 Å². The first-order valence-corrected chi connectivity index (χ1v) is 8.56. The summed E-state index contributed by atoms with van der Waals surface area (Å²) < 4.78 is 11.6. The second-order valence-electron chi connectivity index (χ2n) is 4.69. The van der Waals surface area contributed by atoms with E-state index in [-0.39, 0.29) is 5.97 Å². The lowest BCUT2D eigenvalue weighted by Crippen LogP contribution is -1.99. The summed E-state index contributed by atoms with van der Waals surface area (Å²) in [5.74, 6) is 0.458. The summed E-state index contributed by atoms with van der Waals surface area (Å²) in [6.07, 6.45) is 3.15. The van der Waals surface area contributed by atoms with Gasteiger partial charge >= 0.3 is 5.97 Å². The Labute approximate surface area is 154 Å². The molecule has 3 nitrogen and oxygen atoms in total. The zero-order valence-corrected chi connectivity index (χ0v) is 15.5. The van der Waals surface area contributed by atoms with Crippen LogP contribution >= 0.6 is 34.2 Å². The minimum atomic E-state index is -0.342. The Bertz CT molecular complexity index is 696. The van der Waals surface area contributed by atoms with Crippen LogP contribution in [0.3, 0.4) is 0 Å². The van der Waals surface area contributed by atoms with E-state index in [4.69, 9.17) is 21.1 Å². The average molecular weight is 443 g/mol. The first-order chi connectivity index (χ1) is 11.1. The van der Waals surface area contributed by atoms with E-state index in [1.807, 2.05) is 42.5 Å². The average Bonchev–Trinajstić information content (AvgIpc) is 2.54. The third-order valence-electron chi connectivity index (χ3n) is 2.96. The van der Waals surface area contributed by atoms with Crippen molar-refractivity contribution in [3.8, 4) is 5.75 Å². The Hall–Kier alpha value is -1.53. The molecule has 0 heterocycles. The molecule has 5 heteroatoms. The number of benzene rings is 2. The Morgan fingerprint density at radius 2 is 1.96 bits per heavy atom. The zero-order valence-electron chi connectivity index (χ0n) is 12.6. The van der Waals surface area contributed by atoms with Crippen molar-refractivity contribution >= 4 is 46.2 Å². The number of carbonyl (C=O) groups is 1. The maximum atomic E-state index is 11.3. The van der Waals surface area contributed by atoms with Crippen molar-refractivity contribution in [2.75, 3.05) is 6.61 Å². The smallest absolute Gasteiger partial charge is 0.330 e. The van der Waals surface area contributed by atoms with Crippen molar-refractivity contribution in [2.24, 2.45) is 0 Å². The summed E-state index contributed by atoms with van der Waals surface area (Å²) in [5, 5.41) is 0.709. The quantitative estimate of drug-likeness (QED) is 0.355. The predicted octanol–water partition coefficient (Wildman–Crippen LogP) is 5.10. The predicted molar refractivity (Wildman–Crippen MR) is 101 cm³/mol. The zero-order chi connectivity index (χ0) is 16.7. The standard InChI is InChI=1S/C18H16ClIO3/c1-2-22-18(21)10-6-13-5-9-17(16(20)11-13)23-12-14-3-7-15(19)8-4-14/h3-11H,2,12H2,1H3/b10-6+. The van der Waals surface area contributed by atoms with Crippen LogP contribution < -0.4 is 4.74 Å². The molecule has 0 unspecified atom stereocenters. The molecule has 0 bridgehead atoms. The van der Waals surface area contributed by atoms with Gasteiger partial charge in [-0.2, -0.15) is 0 Å². The highest BCUT2D eigenvalue weighted by Gasteiger charge is 2.03. The lowest BCUT2D eigenvalue weighted by Gasteiger charge is -2.09. The molecular weight excluding hydrogens is 427 g/mol. The first-order valence-electron chi connectivity index (χ1n) is 7.10. The molecule has 0 fully saturated rings. The van der Waals surface area contributed by atoms with E-state index >= 15 is 0 Å². The number of hydrogen-bond acceptors (Lipinski definition) is 3. The van der Waals surface area contributed by atoms with Gasteiger partial charge < -0.3 is 9.47 Å². The van der Waals surface area contributed by atoms with Crippen LogP contribution in [0.2, 0.25) is 5.02 Å². The van der Waals surface area contributed by atoms with Gasteiger partial charge in [-0.15, -0.1) is 0 Å². The molecule has 23 heavy (non-hydrogen) atoms. The summed E-state index contributed by atoms with van der Waals surface area (Å²) in [6.45, 7) is 2.63. The Kier molecular flexibility index (Phi) is 6.92. The molecule has 0 aliphatic heterocycles. The van der Waals surface area contributed by atoms with Gasteiger partial charge in [0.05, 0.1) is 10.2 Å². The molecule has 120 valence electrons. The lowest BCUT2D eigenvalue weighted by molar-refractivity contribution is -0.137. The van der Waals surface area contributed by atoms with Crippen LogP contribution in [-0.4, -0.2) is 12.6 Å². The number of carbonyl (C=O) groups excluding carboxylic acids is 1. The van der Waals surface area contributed by atoms with Crippen molar-refractivity contribution in [1.82, 2.24) is 0 Å². The highest BCUT2D eigenvalue weighted by Crippen LogP contribution is 2.24. The van der Waals surface area contributed by atoms with E-state index in [0.29, 0.717) is 18.2 Å². The minimum Gasteiger partial charge on any atom is -0.488 e. The van der Waals surface area contributed by atoms with Crippen LogP contribution in [0.15, 0.2) is 48.5 Å². The molecule has 2 aromatic rings. The number of ether oxygens (including phenoxy) is 2. The summed E-state index contributed by atoms with van der Waals surface area (Å²) in [7, 11) is 0. The Balaban J connectivity index is 1.99. The first kappa shape index (κ1) is 17.8. The van der Waals surface area contributed by atoms with Crippen LogP contribution in [0.25, 0.3) is 6.08 Å². The van der Waals surface area contributed by atoms with Gasteiger partial charge in [-0.1, -0.05) is 29.8 Å². The van der Waals surface area contributed by atoms with Crippen LogP contribution in [0, 0.1) is 3.57 Å². The molecule has 0 atom stereocenters. The third-order valence-corrected chi connectivity index (χ3v) is 4.06.